The Labute approximate surface area is 114 Å². The number of nitrogens with zero attached hydrogens (tertiary/aromatic N) is 1. The van der Waals surface area contributed by atoms with E-state index in [0.29, 0.717) is 26.1 Å². The molecule has 2 amide bonds. The molecule has 0 radical (unpaired) electrons. The van der Waals surface area contributed by atoms with Gasteiger partial charge in [0.15, 0.2) is 0 Å². The first-order valence-corrected chi connectivity index (χ1v) is 6.98. The Morgan fingerprint density at radius 2 is 2.00 bits per heavy atom. The van der Waals surface area contributed by atoms with Crippen molar-refractivity contribution >= 4 is 12.0 Å². The molecule has 0 aliphatic carbocycles. The minimum atomic E-state index is -0.973. The van der Waals surface area contributed by atoms with E-state index in [-0.39, 0.29) is 12.1 Å². The minimum absolute atomic E-state index is 0.222. The quantitative estimate of drug-likeness (QED) is 0.767. The third-order valence-corrected chi connectivity index (χ3v) is 3.30. The van der Waals surface area contributed by atoms with Crippen LogP contribution in [0.25, 0.3) is 0 Å². The van der Waals surface area contributed by atoms with Crippen LogP contribution in [0.4, 0.5) is 4.79 Å². The number of aliphatic carboxylic acids is 1. The zero-order valence-corrected chi connectivity index (χ0v) is 11.7. The maximum absolute atomic E-state index is 12.0. The average molecular weight is 272 g/mol. The fourth-order valence-corrected chi connectivity index (χ4v) is 2.25. The second-order valence-corrected chi connectivity index (χ2v) is 4.77. The molecule has 1 heterocycles. The van der Waals surface area contributed by atoms with Gasteiger partial charge in [0.2, 0.25) is 0 Å². The summed E-state index contributed by atoms with van der Waals surface area (Å²) in [6, 6.07) is -1.07. The van der Waals surface area contributed by atoms with E-state index in [0.717, 1.165) is 19.3 Å². The molecule has 0 spiro atoms. The van der Waals surface area contributed by atoms with Gasteiger partial charge in [-0.1, -0.05) is 13.3 Å². The highest BCUT2D eigenvalue weighted by Crippen LogP contribution is 2.13. The highest BCUT2D eigenvalue weighted by atomic mass is 16.5. The Morgan fingerprint density at radius 3 is 2.47 bits per heavy atom. The average Bonchev–Trinajstić information content (AvgIpc) is 2.39. The van der Waals surface area contributed by atoms with Crippen LogP contribution in [0.1, 0.15) is 39.5 Å². The number of carbonyl (C=O) groups excluding carboxylic acids is 1. The van der Waals surface area contributed by atoms with Crippen LogP contribution in [0.5, 0.6) is 0 Å². The topological polar surface area (TPSA) is 78.9 Å². The summed E-state index contributed by atoms with van der Waals surface area (Å²) in [5.41, 5.74) is 0. The van der Waals surface area contributed by atoms with Gasteiger partial charge in [0.1, 0.15) is 6.04 Å². The lowest BCUT2D eigenvalue weighted by Crippen LogP contribution is -2.50. The molecule has 1 saturated heterocycles. The lowest BCUT2D eigenvalue weighted by molar-refractivity contribution is -0.139. The number of piperidine rings is 1. The van der Waals surface area contributed by atoms with Crippen molar-refractivity contribution in [1.29, 1.82) is 0 Å². The van der Waals surface area contributed by atoms with Crippen LogP contribution in [0.3, 0.4) is 0 Å². The smallest absolute Gasteiger partial charge is 0.326 e. The minimum Gasteiger partial charge on any atom is -0.480 e. The van der Waals surface area contributed by atoms with Crippen molar-refractivity contribution in [3.05, 3.63) is 0 Å². The first kappa shape index (κ1) is 15.8. The van der Waals surface area contributed by atoms with Gasteiger partial charge in [-0.2, -0.15) is 0 Å². The molecular weight excluding hydrogens is 248 g/mol. The van der Waals surface area contributed by atoms with Crippen LogP contribution >= 0.6 is 0 Å². The molecular formula is C13H24N2O4. The standard InChI is InChI=1S/C13H24N2O4/c1-3-5-11(12(16)17)14-13(18)15-8-6-10(7-9-15)19-4-2/h10-11H,3-9H2,1-2H3,(H,14,18)(H,16,17). The highest BCUT2D eigenvalue weighted by molar-refractivity contribution is 5.82. The molecule has 0 bridgehead atoms. The summed E-state index contributed by atoms with van der Waals surface area (Å²) in [4.78, 5) is 24.6. The van der Waals surface area contributed by atoms with Gasteiger partial charge in [-0.25, -0.2) is 9.59 Å². The molecule has 1 aliphatic rings. The molecule has 2 N–H and O–H groups in total. The van der Waals surface area contributed by atoms with Crippen LogP contribution in [0.2, 0.25) is 0 Å². The maximum Gasteiger partial charge on any atom is 0.326 e. The highest BCUT2D eigenvalue weighted by Gasteiger charge is 2.26. The number of likely N-dealkylation sites (tertiary alicyclic amines) is 1. The van der Waals surface area contributed by atoms with E-state index in [4.69, 9.17) is 9.84 Å². The van der Waals surface area contributed by atoms with Crippen molar-refractivity contribution in [2.75, 3.05) is 19.7 Å². The third kappa shape index (κ3) is 5.06. The summed E-state index contributed by atoms with van der Waals surface area (Å²) in [5, 5.41) is 11.6. The number of amides is 2. The zero-order chi connectivity index (χ0) is 14.3. The zero-order valence-electron chi connectivity index (χ0n) is 11.7. The Morgan fingerprint density at radius 1 is 1.37 bits per heavy atom. The van der Waals surface area contributed by atoms with Crippen molar-refractivity contribution in [2.45, 2.75) is 51.7 Å². The maximum atomic E-state index is 12.0. The van der Waals surface area contributed by atoms with E-state index in [1.54, 1.807) is 4.90 Å². The van der Waals surface area contributed by atoms with E-state index in [2.05, 4.69) is 5.32 Å². The molecule has 6 nitrogen and oxygen atoms in total. The largest absolute Gasteiger partial charge is 0.480 e. The SMILES string of the molecule is CCCC(NC(=O)N1CCC(OCC)CC1)C(=O)O. The molecule has 1 aliphatic heterocycles. The van der Waals surface area contributed by atoms with Crippen molar-refractivity contribution in [2.24, 2.45) is 0 Å². The van der Waals surface area contributed by atoms with Gasteiger partial charge in [-0.15, -0.1) is 0 Å². The summed E-state index contributed by atoms with van der Waals surface area (Å²) in [5.74, 6) is -0.973. The van der Waals surface area contributed by atoms with Crippen LogP contribution in [-0.4, -0.2) is 53.8 Å². The van der Waals surface area contributed by atoms with Gasteiger partial charge in [0.25, 0.3) is 0 Å². The number of urea groups is 1. The third-order valence-electron chi connectivity index (χ3n) is 3.30. The lowest BCUT2D eigenvalue weighted by Gasteiger charge is -2.32. The van der Waals surface area contributed by atoms with Crippen molar-refractivity contribution in [3.63, 3.8) is 0 Å². The first-order chi connectivity index (χ1) is 9.08. The van der Waals surface area contributed by atoms with Crippen molar-refractivity contribution in [3.8, 4) is 0 Å². The van der Waals surface area contributed by atoms with E-state index >= 15 is 0 Å². The molecule has 0 saturated carbocycles. The lowest BCUT2D eigenvalue weighted by atomic mass is 10.1. The molecule has 0 aromatic heterocycles. The Bertz CT molecular complexity index is 301. The number of rotatable bonds is 6. The Balaban J connectivity index is 2.39. The summed E-state index contributed by atoms with van der Waals surface area (Å²) in [7, 11) is 0. The number of nitrogens with one attached hydrogen (secondary N) is 1. The molecule has 6 heteroatoms. The number of hydrogen-bond acceptors (Lipinski definition) is 3. The molecule has 0 aromatic rings. The van der Waals surface area contributed by atoms with E-state index < -0.39 is 12.0 Å². The van der Waals surface area contributed by atoms with E-state index in [1.807, 2.05) is 13.8 Å². The van der Waals surface area contributed by atoms with Crippen LogP contribution in [-0.2, 0) is 9.53 Å². The number of hydrogen-bond donors (Lipinski definition) is 2. The Hall–Kier alpha value is -1.30. The number of ether oxygens (including phenoxy) is 1. The van der Waals surface area contributed by atoms with Crippen LogP contribution < -0.4 is 5.32 Å². The second kappa shape index (κ2) is 7.99. The number of carboxylic acid groups (broad SMARTS) is 1. The van der Waals surface area contributed by atoms with Gasteiger partial charge in [-0.05, 0) is 26.2 Å². The predicted molar refractivity (Wildman–Crippen MR) is 71.1 cm³/mol. The molecule has 1 atom stereocenters. The molecule has 19 heavy (non-hydrogen) atoms. The monoisotopic (exact) mass is 272 g/mol. The summed E-state index contributed by atoms with van der Waals surface area (Å²) in [6.45, 7) is 5.79. The molecule has 1 fully saturated rings. The van der Waals surface area contributed by atoms with Crippen molar-refractivity contribution < 1.29 is 19.4 Å². The van der Waals surface area contributed by atoms with Gasteiger partial charge in [0.05, 0.1) is 6.10 Å². The number of carboxylic acids is 1. The van der Waals surface area contributed by atoms with Gasteiger partial charge < -0.3 is 20.1 Å². The predicted octanol–water partition coefficient (Wildman–Crippen LogP) is 1.45. The first-order valence-electron chi connectivity index (χ1n) is 6.98. The van der Waals surface area contributed by atoms with Gasteiger partial charge in [-0.3, -0.25) is 0 Å². The number of carbonyl (C=O) groups is 2. The van der Waals surface area contributed by atoms with Crippen LogP contribution in [0, 0.1) is 0 Å². The Kier molecular flexibility index (Phi) is 6.62. The van der Waals surface area contributed by atoms with Crippen LogP contribution in [0.15, 0.2) is 0 Å². The fourth-order valence-electron chi connectivity index (χ4n) is 2.25. The van der Waals surface area contributed by atoms with E-state index in [9.17, 15) is 9.59 Å². The molecule has 110 valence electrons. The molecule has 1 rings (SSSR count). The van der Waals surface area contributed by atoms with Crippen molar-refractivity contribution in [1.82, 2.24) is 10.2 Å². The summed E-state index contributed by atoms with van der Waals surface area (Å²) >= 11 is 0. The molecule has 0 aromatic carbocycles. The normalized spacial score (nSPS) is 18.1. The summed E-state index contributed by atoms with van der Waals surface area (Å²) in [6.07, 6.45) is 3.03. The fraction of sp³-hybridized carbons (Fsp3) is 0.846. The van der Waals surface area contributed by atoms with Gasteiger partial charge in [0, 0.05) is 19.7 Å². The molecule has 1 unspecified atom stereocenters. The van der Waals surface area contributed by atoms with Gasteiger partial charge >= 0.3 is 12.0 Å². The second-order valence-electron chi connectivity index (χ2n) is 4.77. The summed E-state index contributed by atoms with van der Waals surface area (Å²) < 4.78 is 5.52. The van der Waals surface area contributed by atoms with E-state index in [1.165, 1.54) is 0 Å².